The number of thiazole rings is 1. The Morgan fingerprint density at radius 1 is 1.14 bits per heavy atom. The number of halogens is 2. The van der Waals surface area contributed by atoms with Gasteiger partial charge in [-0.15, -0.1) is 11.3 Å². The van der Waals surface area contributed by atoms with Crippen LogP contribution in [-0.2, 0) is 16.1 Å². The molecule has 1 heterocycles. The topological polar surface area (TPSA) is 80.3 Å². The van der Waals surface area contributed by atoms with Crippen molar-refractivity contribution in [3.63, 3.8) is 0 Å². The predicted octanol–water partition coefficient (Wildman–Crippen LogP) is 4.77. The summed E-state index contributed by atoms with van der Waals surface area (Å²) in [6.07, 6.45) is 0. The Labute approximate surface area is 181 Å². The van der Waals surface area contributed by atoms with Gasteiger partial charge >= 0.3 is 0 Å². The molecule has 0 unspecified atom stereocenters. The maximum atomic E-state index is 12.1. The molecule has 0 saturated heterocycles. The van der Waals surface area contributed by atoms with Gasteiger partial charge in [0.05, 0.1) is 10.7 Å². The number of benzene rings is 2. The third-order valence-corrected chi connectivity index (χ3v) is 5.10. The first-order chi connectivity index (χ1) is 13.9. The van der Waals surface area contributed by atoms with Crippen molar-refractivity contribution in [3.8, 4) is 17.0 Å². The van der Waals surface area contributed by atoms with E-state index >= 15 is 0 Å². The first-order valence-corrected chi connectivity index (χ1v) is 10.2. The molecule has 0 spiro atoms. The van der Waals surface area contributed by atoms with Crippen LogP contribution in [0.25, 0.3) is 11.3 Å². The average Bonchev–Trinajstić information content (AvgIpc) is 3.16. The number of aromatic nitrogens is 1. The Morgan fingerprint density at radius 2 is 1.90 bits per heavy atom. The second kappa shape index (κ2) is 9.73. The van der Waals surface area contributed by atoms with E-state index in [0.717, 1.165) is 16.8 Å². The largest absolute Gasteiger partial charge is 0.482 e. The summed E-state index contributed by atoms with van der Waals surface area (Å²) >= 11 is 13.2. The minimum Gasteiger partial charge on any atom is -0.482 e. The van der Waals surface area contributed by atoms with Crippen LogP contribution >= 0.6 is 34.5 Å². The molecular weight excluding hydrogens is 433 g/mol. The monoisotopic (exact) mass is 449 g/mol. The summed E-state index contributed by atoms with van der Waals surface area (Å²) in [6, 6.07) is 12.5. The molecule has 0 fully saturated rings. The highest BCUT2D eigenvalue weighted by Crippen LogP contribution is 2.28. The lowest BCUT2D eigenvalue weighted by atomic mass is 10.1. The summed E-state index contributed by atoms with van der Waals surface area (Å²) in [5.41, 5.74) is 2.65. The van der Waals surface area contributed by atoms with Gasteiger partial charge in [0, 0.05) is 35.5 Å². The van der Waals surface area contributed by atoms with Crippen LogP contribution in [-0.4, -0.2) is 23.4 Å². The Balaban J connectivity index is 1.56. The zero-order valence-electron chi connectivity index (χ0n) is 15.4. The number of hydrogen-bond acceptors (Lipinski definition) is 5. The van der Waals surface area contributed by atoms with Gasteiger partial charge in [0.15, 0.2) is 11.7 Å². The van der Waals surface area contributed by atoms with E-state index in [1.54, 1.807) is 18.2 Å². The van der Waals surface area contributed by atoms with Gasteiger partial charge in [-0.1, -0.05) is 47.5 Å². The molecular formula is C20H17Cl2N3O3S. The number of amides is 2. The van der Waals surface area contributed by atoms with Gasteiger partial charge < -0.3 is 10.1 Å². The molecule has 9 heteroatoms. The Kier molecular flexibility index (Phi) is 7.09. The summed E-state index contributed by atoms with van der Waals surface area (Å²) in [5.74, 6) is -0.0864. The summed E-state index contributed by atoms with van der Waals surface area (Å²) < 4.78 is 5.41. The van der Waals surface area contributed by atoms with Crippen LogP contribution in [0.5, 0.6) is 5.75 Å². The summed E-state index contributed by atoms with van der Waals surface area (Å²) in [4.78, 5) is 27.5. The second-order valence-corrected chi connectivity index (χ2v) is 7.76. The first kappa shape index (κ1) is 21.1. The van der Waals surface area contributed by atoms with Crippen molar-refractivity contribution in [3.05, 3.63) is 63.5 Å². The fourth-order valence-corrected chi connectivity index (χ4v) is 3.44. The molecule has 0 saturated carbocycles. The zero-order chi connectivity index (χ0) is 20.8. The Hall–Kier alpha value is -2.61. The van der Waals surface area contributed by atoms with Gasteiger partial charge in [0.25, 0.3) is 5.91 Å². The molecule has 0 bridgehead atoms. The van der Waals surface area contributed by atoms with Gasteiger partial charge in [-0.3, -0.25) is 14.9 Å². The number of nitrogens with zero attached hydrogens (tertiary/aromatic N) is 1. The van der Waals surface area contributed by atoms with Crippen molar-refractivity contribution < 1.29 is 14.3 Å². The quantitative estimate of drug-likeness (QED) is 0.544. The minimum atomic E-state index is -0.354. The normalized spacial score (nSPS) is 10.4. The van der Waals surface area contributed by atoms with E-state index in [4.69, 9.17) is 27.9 Å². The highest BCUT2D eigenvalue weighted by atomic mass is 35.5. The van der Waals surface area contributed by atoms with Crippen LogP contribution < -0.4 is 15.4 Å². The summed E-state index contributed by atoms with van der Waals surface area (Å²) in [6.45, 7) is 1.74. The van der Waals surface area contributed by atoms with Crippen molar-refractivity contribution in [2.75, 3.05) is 11.9 Å². The standard InChI is InChI=1S/C20H17Cl2N3O3S/c1-12(26)23-9-13-2-4-14(5-3-13)17-11-29-20(24-17)25-19(27)10-28-18-8-15(21)6-7-16(18)22/h2-8,11H,9-10H2,1H3,(H,23,26)(H,24,25,27). The van der Waals surface area contributed by atoms with E-state index in [0.29, 0.717) is 27.5 Å². The van der Waals surface area contributed by atoms with Crippen LogP contribution in [0.1, 0.15) is 12.5 Å². The van der Waals surface area contributed by atoms with E-state index in [-0.39, 0.29) is 18.4 Å². The fourth-order valence-electron chi connectivity index (χ4n) is 2.37. The number of ether oxygens (including phenoxy) is 1. The minimum absolute atomic E-state index is 0.0735. The zero-order valence-corrected chi connectivity index (χ0v) is 17.7. The van der Waals surface area contributed by atoms with Gasteiger partial charge in [0.1, 0.15) is 5.75 Å². The van der Waals surface area contributed by atoms with E-state index in [1.165, 1.54) is 18.3 Å². The fraction of sp³-hybridized carbons (Fsp3) is 0.150. The maximum Gasteiger partial charge on any atom is 0.264 e. The van der Waals surface area contributed by atoms with Crippen molar-refractivity contribution >= 4 is 51.5 Å². The van der Waals surface area contributed by atoms with Gasteiger partial charge in [-0.25, -0.2) is 4.98 Å². The van der Waals surface area contributed by atoms with Crippen LogP contribution in [0.2, 0.25) is 10.0 Å². The third-order valence-electron chi connectivity index (χ3n) is 3.79. The number of carbonyl (C=O) groups excluding carboxylic acids is 2. The van der Waals surface area contributed by atoms with E-state index in [1.807, 2.05) is 29.6 Å². The number of hydrogen-bond donors (Lipinski definition) is 2. The molecule has 150 valence electrons. The van der Waals surface area contributed by atoms with Crippen molar-refractivity contribution in [1.29, 1.82) is 0 Å². The average molecular weight is 450 g/mol. The first-order valence-electron chi connectivity index (χ1n) is 8.57. The molecule has 0 aliphatic rings. The molecule has 2 amide bonds. The number of carbonyl (C=O) groups is 2. The molecule has 0 atom stereocenters. The lowest BCUT2D eigenvalue weighted by Crippen LogP contribution is -2.20. The van der Waals surface area contributed by atoms with Crippen LogP contribution in [0.4, 0.5) is 5.13 Å². The van der Waals surface area contributed by atoms with E-state index in [2.05, 4.69) is 15.6 Å². The van der Waals surface area contributed by atoms with Crippen molar-refractivity contribution in [2.24, 2.45) is 0 Å². The highest BCUT2D eigenvalue weighted by Gasteiger charge is 2.10. The lowest BCUT2D eigenvalue weighted by Gasteiger charge is -2.07. The maximum absolute atomic E-state index is 12.1. The van der Waals surface area contributed by atoms with Gasteiger partial charge in [0.2, 0.25) is 5.91 Å². The van der Waals surface area contributed by atoms with E-state index in [9.17, 15) is 9.59 Å². The Bertz CT molecular complexity index is 1020. The van der Waals surface area contributed by atoms with Crippen LogP contribution in [0, 0.1) is 0 Å². The third kappa shape index (κ3) is 6.19. The second-order valence-electron chi connectivity index (χ2n) is 6.06. The Morgan fingerprint density at radius 3 is 2.62 bits per heavy atom. The van der Waals surface area contributed by atoms with Gasteiger partial charge in [-0.05, 0) is 17.7 Å². The molecule has 0 aliphatic carbocycles. The van der Waals surface area contributed by atoms with Crippen LogP contribution in [0.3, 0.4) is 0 Å². The smallest absolute Gasteiger partial charge is 0.264 e. The molecule has 1 aromatic heterocycles. The highest BCUT2D eigenvalue weighted by molar-refractivity contribution is 7.14. The molecule has 0 radical (unpaired) electrons. The lowest BCUT2D eigenvalue weighted by molar-refractivity contribution is -0.119. The molecule has 0 aliphatic heterocycles. The predicted molar refractivity (Wildman–Crippen MR) is 116 cm³/mol. The summed E-state index contributed by atoms with van der Waals surface area (Å²) in [5, 5.41) is 8.62. The van der Waals surface area contributed by atoms with E-state index < -0.39 is 0 Å². The molecule has 3 rings (SSSR count). The molecule has 29 heavy (non-hydrogen) atoms. The molecule has 6 nitrogen and oxygen atoms in total. The van der Waals surface area contributed by atoms with Crippen molar-refractivity contribution in [2.45, 2.75) is 13.5 Å². The number of anilines is 1. The van der Waals surface area contributed by atoms with Crippen molar-refractivity contribution in [1.82, 2.24) is 10.3 Å². The summed E-state index contributed by atoms with van der Waals surface area (Å²) in [7, 11) is 0. The molecule has 3 aromatic rings. The van der Waals surface area contributed by atoms with Gasteiger partial charge in [-0.2, -0.15) is 0 Å². The van der Waals surface area contributed by atoms with Crippen LogP contribution in [0.15, 0.2) is 47.8 Å². The number of nitrogens with one attached hydrogen (secondary N) is 2. The molecule has 2 aromatic carbocycles. The molecule has 2 N–H and O–H groups in total. The SMILES string of the molecule is CC(=O)NCc1ccc(-c2csc(NC(=O)COc3cc(Cl)ccc3Cl)n2)cc1. The number of rotatable bonds is 7.